The topological polar surface area (TPSA) is 39.1 Å². The van der Waals surface area contributed by atoms with Crippen LogP contribution in [0.1, 0.15) is 11.1 Å². The lowest BCUT2D eigenvalue weighted by atomic mass is 10.1. The number of nitrogens with zero attached hydrogens (tertiary/aromatic N) is 2. The van der Waals surface area contributed by atoms with Crippen LogP contribution in [0.5, 0.6) is 5.75 Å². The lowest BCUT2D eigenvalue weighted by molar-refractivity contribution is -0.137. The summed E-state index contributed by atoms with van der Waals surface area (Å²) in [7, 11) is 1.58. The standard InChI is InChI=1S/C19H16F3N3O/c1-26-13-8-6-12(7-9-13)17-14-10-11-23-18(14)25(24-17)16-5-3-2-4-15(16)19(20,21)22/h2-9,23H,10-11H2,1H3. The molecule has 2 heterocycles. The van der Waals surface area contributed by atoms with Gasteiger partial charge in [0.1, 0.15) is 11.6 Å². The van der Waals surface area contributed by atoms with Crippen molar-refractivity contribution < 1.29 is 17.9 Å². The third kappa shape index (κ3) is 2.69. The van der Waals surface area contributed by atoms with Gasteiger partial charge >= 0.3 is 6.18 Å². The number of para-hydroxylation sites is 1. The smallest absolute Gasteiger partial charge is 0.418 e. The van der Waals surface area contributed by atoms with Crippen molar-refractivity contribution in [3.05, 3.63) is 59.7 Å². The van der Waals surface area contributed by atoms with Crippen molar-refractivity contribution in [2.24, 2.45) is 0 Å². The van der Waals surface area contributed by atoms with E-state index in [0.717, 1.165) is 17.2 Å². The van der Waals surface area contributed by atoms with Crippen molar-refractivity contribution in [3.8, 4) is 22.7 Å². The van der Waals surface area contributed by atoms with E-state index in [1.54, 1.807) is 13.2 Å². The highest BCUT2D eigenvalue weighted by Gasteiger charge is 2.35. The van der Waals surface area contributed by atoms with Crippen LogP contribution < -0.4 is 10.1 Å². The molecule has 0 spiro atoms. The van der Waals surface area contributed by atoms with Crippen LogP contribution in [0.3, 0.4) is 0 Å². The Bertz CT molecular complexity index is 946. The van der Waals surface area contributed by atoms with Gasteiger partial charge in [-0.25, -0.2) is 4.68 Å². The molecule has 0 amide bonds. The Morgan fingerprint density at radius 3 is 2.50 bits per heavy atom. The maximum Gasteiger partial charge on any atom is 0.418 e. The van der Waals surface area contributed by atoms with Gasteiger partial charge in [0, 0.05) is 17.7 Å². The molecule has 0 saturated heterocycles. The predicted octanol–water partition coefficient (Wildman–Crippen LogP) is 4.53. The van der Waals surface area contributed by atoms with E-state index >= 15 is 0 Å². The van der Waals surface area contributed by atoms with Crippen molar-refractivity contribution in [2.75, 3.05) is 19.0 Å². The SMILES string of the molecule is COc1ccc(-c2nn(-c3ccccc3C(F)(F)F)c3c2CCN3)cc1. The number of halogens is 3. The van der Waals surface area contributed by atoms with Crippen LogP contribution in [-0.4, -0.2) is 23.4 Å². The summed E-state index contributed by atoms with van der Waals surface area (Å²) in [6, 6.07) is 12.8. The molecule has 134 valence electrons. The van der Waals surface area contributed by atoms with E-state index in [9.17, 15) is 13.2 Å². The van der Waals surface area contributed by atoms with E-state index in [1.165, 1.54) is 16.8 Å². The zero-order valence-electron chi connectivity index (χ0n) is 14.0. The molecule has 1 aromatic heterocycles. The van der Waals surface area contributed by atoms with E-state index in [0.29, 0.717) is 30.2 Å². The third-order valence-electron chi connectivity index (χ3n) is 4.45. The van der Waals surface area contributed by atoms with E-state index in [2.05, 4.69) is 10.4 Å². The van der Waals surface area contributed by atoms with Gasteiger partial charge in [0.05, 0.1) is 24.1 Å². The number of anilines is 1. The molecule has 2 aromatic carbocycles. The van der Waals surface area contributed by atoms with E-state index < -0.39 is 11.7 Å². The molecule has 26 heavy (non-hydrogen) atoms. The average Bonchev–Trinajstić information content (AvgIpc) is 3.24. The highest BCUT2D eigenvalue weighted by atomic mass is 19.4. The number of ether oxygens (including phenoxy) is 1. The quantitative estimate of drug-likeness (QED) is 0.747. The number of methoxy groups -OCH3 is 1. The minimum atomic E-state index is -4.45. The Kier molecular flexibility index (Phi) is 3.86. The van der Waals surface area contributed by atoms with Crippen molar-refractivity contribution in [2.45, 2.75) is 12.6 Å². The summed E-state index contributed by atoms with van der Waals surface area (Å²) >= 11 is 0. The van der Waals surface area contributed by atoms with Crippen molar-refractivity contribution in [1.29, 1.82) is 0 Å². The molecule has 4 nitrogen and oxygen atoms in total. The van der Waals surface area contributed by atoms with Gasteiger partial charge in [-0.05, 0) is 42.8 Å². The van der Waals surface area contributed by atoms with E-state index in [4.69, 9.17) is 4.74 Å². The Morgan fingerprint density at radius 1 is 1.08 bits per heavy atom. The molecule has 0 radical (unpaired) electrons. The van der Waals surface area contributed by atoms with Crippen LogP contribution in [-0.2, 0) is 12.6 Å². The first kappa shape index (κ1) is 16.5. The molecule has 3 aromatic rings. The van der Waals surface area contributed by atoms with Gasteiger partial charge in [-0.15, -0.1) is 0 Å². The predicted molar refractivity (Wildman–Crippen MR) is 92.7 cm³/mol. The Morgan fingerprint density at radius 2 is 1.81 bits per heavy atom. The molecule has 0 aliphatic carbocycles. The molecule has 7 heteroatoms. The molecule has 0 saturated carbocycles. The highest BCUT2D eigenvalue weighted by molar-refractivity contribution is 5.73. The van der Waals surface area contributed by atoms with Crippen LogP contribution in [0.4, 0.5) is 19.0 Å². The van der Waals surface area contributed by atoms with Crippen LogP contribution in [0.2, 0.25) is 0 Å². The highest BCUT2D eigenvalue weighted by Crippen LogP contribution is 2.39. The number of benzene rings is 2. The molecule has 0 fully saturated rings. The van der Waals surface area contributed by atoms with Gasteiger partial charge in [-0.3, -0.25) is 0 Å². The average molecular weight is 359 g/mol. The van der Waals surface area contributed by atoms with Gasteiger partial charge in [0.25, 0.3) is 0 Å². The molecule has 0 unspecified atom stereocenters. The number of aromatic nitrogens is 2. The first-order chi connectivity index (χ1) is 12.5. The Hall–Kier alpha value is -2.96. The number of alkyl halides is 3. The monoisotopic (exact) mass is 359 g/mol. The lowest BCUT2D eigenvalue weighted by Crippen LogP contribution is -2.13. The van der Waals surface area contributed by atoms with Gasteiger partial charge in [0.2, 0.25) is 0 Å². The van der Waals surface area contributed by atoms with Crippen LogP contribution in [0, 0.1) is 0 Å². The molecule has 0 atom stereocenters. The van der Waals surface area contributed by atoms with E-state index in [-0.39, 0.29) is 5.69 Å². The fraction of sp³-hybridized carbons (Fsp3) is 0.211. The molecule has 1 N–H and O–H groups in total. The first-order valence-corrected chi connectivity index (χ1v) is 8.16. The van der Waals surface area contributed by atoms with Crippen molar-refractivity contribution in [3.63, 3.8) is 0 Å². The second kappa shape index (κ2) is 6.09. The largest absolute Gasteiger partial charge is 0.497 e. The van der Waals surface area contributed by atoms with E-state index in [1.807, 2.05) is 24.3 Å². The maximum absolute atomic E-state index is 13.4. The summed E-state index contributed by atoms with van der Waals surface area (Å²) in [5.74, 6) is 1.33. The normalized spacial score (nSPS) is 13.4. The summed E-state index contributed by atoms with van der Waals surface area (Å²) < 4.78 is 46.8. The van der Waals surface area contributed by atoms with Gasteiger partial charge < -0.3 is 10.1 Å². The summed E-state index contributed by atoms with van der Waals surface area (Å²) in [6.45, 7) is 0.671. The third-order valence-corrected chi connectivity index (χ3v) is 4.45. The summed E-state index contributed by atoms with van der Waals surface area (Å²) in [4.78, 5) is 0. The van der Waals surface area contributed by atoms with Crippen molar-refractivity contribution in [1.82, 2.24) is 9.78 Å². The fourth-order valence-electron chi connectivity index (χ4n) is 3.23. The minimum absolute atomic E-state index is 0.0189. The van der Waals surface area contributed by atoms with Crippen molar-refractivity contribution >= 4 is 5.82 Å². The number of nitrogens with one attached hydrogen (secondary N) is 1. The summed E-state index contributed by atoms with van der Waals surface area (Å²) in [6.07, 6.45) is -3.74. The maximum atomic E-state index is 13.4. The molecular formula is C19H16F3N3O. The fourth-order valence-corrected chi connectivity index (χ4v) is 3.23. The lowest BCUT2D eigenvalue weighted by Gasteiger charge is -2.14. The second-order valence-corrected chi connectivity index (χ2v) is 6.01. The second-order valence-electron chi connectivity index (χ2n) is 6.01. The first-order valence-electron chi connectivity index (χ1n) is 8.16. The van der Waals surface area contributed by atoms with Gasteiger partial charge in [0.15, 0.2) is 0 Å². The zero-order chi connectivity index (χ0) is 18.3. The Labute approximate surface area is 148 Å². The molecular weight excluding hydrogens is 343 g/mol. The zero-order valence-corrected chi connectivity index (χ0v) is 14.0. The van der Waals surface area contributed by atoms with Crippen LogP contribution in [0.25, 0.3) is 16.9 Å². The number of hydrogen-bond donors (Lipinski definition) is 1. The van der Waals surface area contributed by atoms with Crippen LogP contribution in [0.15, 0.2) is 48.5 Å². The number of rotatable bonds is 3. The molecule has 0 bridgehead atoms. The molecule has 1 aliphatic rings. The summed E-state index contributed by atoms with van der Waals surface area (Å²) in [5, 5.41) is 7.68. The minimum Gasteiger partial charge on any atom is -0.497 e. The van der Waals surface area contributed by atoms with Crippen LogP contribution >= 0.6 is 0 Å². The van der Waals surface area contributed by atoms with Gasteiger partial charge in [-0.1, -0.05) is 12.1 Å². The molecule has 4 rings (SSSR count). The Balaban J connectivity index is 1.88. The molecule has 1 aliphatic heterocycles. The summed E-state index contributed by atoms with van der Waals surface area (Å²) in [5.41, 5.74) is 1.76. The van der Waals surface area contributed by atoms with Gasteiger partial charge in [-0.2, -0.15) is 18.3 Å². The number of fused-ring (bicyclic) bond motifs is 1. The number of hydrogen-bond acceptors (Lipinski definition) is 3.